The predicted molar refractivity (Wildman–Crippen MR) is 116 cm³/mol. The normalized spacial score (nSPS) is 11.1. The number of hydrogen-bond donors (Lipinski definition) is 1. The summed E-state index contributed by atoms with van der Waals surface area (Å²) in [5, 5.41) is 1.10. The molecule has 2 N–H and O–H groups in total. The zero-order valence-electron chi connectivity index (χ0n) is 16.9. The third-order valence-electron chi connectivity index (χ3n) is 4.79. The Hall–Kier alpha value is -2.92. The molecule has 5 heteroatoms. The number of aromatic nitrogens is 1. The van der Waals surface area contributed by atoms with E-state index in [0.29, 0.717) is 5.56 Å². The highest BCUT2D eigenvalue weighted by Gasteiger charge is 2.15. The van der Waals surface area contributed by atoms with Gasteiger partial charge in [-0.1, -0.05) is 24.3 Å². The summed E-state index contributed by atoms with van der Waals surface area (Å²) in [4.78, 5) is 20.8. The third kappa shape index (κ3) is 4.67. The van der Waals surface area contributed by atoms with Crippen LogP contribution in [0.4, 0.5) is 11.4 Å². The van der Waals surface area contributed by atoms with Crippen LogP contribution in [0.2, 0.25) is 0 Å². The molecule has 5 nitrogen and oxygen atoms in total. The van der Waals surface area contributed by atoms with Crippen LogP contribution in [-0.2, 0) is 0 Å². The van der Waals surface area contributed by atoms with E-state index in [1.165, 1.54) is 0 Å². The van der Waals surface area contributed by atoms with Gasteiger partial charge in [-0.2, -0.15) is 0 Å². The van der Waals surface area contributed by atoms with Crippen LogP contribution in [0.5, 0.6) is 0 Å². The quantitative estimate of drug-likeness (QED) is 0.601. The van der Waals surface area contributed by atoms with Crippen molar-refractivity contribution < 1.29 is 4.79 Å². The van der Waals surface area contributed by atoms with Gasteiger partial charge in [-0.15, -0.1) is 0 Å². The second kappa shape index (κ2) is 8.85. The molecule has 1 heterocycles. The van der Waals surface area contributed by atoms with Gasteiger partial charge in [-0.05, 0) is 70.7 Å². The van der Waals surface area contributed by atoms with Crippen molar-refractivity contribution in [1.82, 2.24) is 9.88 Å². The lowest BCUT2D eigenvalue weighted by Gasteiger charge is -2.27. The van der Waals surface area contributed by atoms with Gasteiger partial charge < -0.3 is 15.5 Å². The van der Waals surface area contributed by atoms with Crippen LogP contribution in [0.15, 0.2) is 54.6 Å². The van der Waals surface area contributed by atoms with Crippen LogP contribution in [0, 0.1) is 6.92 Å². The second-order valence-corrected chi connectivity index (χ2v) is 7.38. The molecule has 0 fully saturated rings. The summed E-state index contributed by atoms with van der Waals surface area (Å²) >= 11 is 0. The number of aryl methyl sites for hydroxylation is 1. The molecule has 0 aliphatic heterocycles. The molecule has 0 radical (unpaired) electrons. The monoisotopic (exact) mass is 376 g/mol. The maximum Gasteiger partial charge on any atom is 0.248 e. The highest BCUT2D eigenvalue weighted by molar-refractivity contribution is 5.96. The first-order chi connectivity index (χ1) is 13.5. The summed E-state index contributed by atoms with van der Waals surface area (Å²) in [6.07, 6.45) is 2.13. The van der Waals surface area contributed by atoms with Crippen molar-refractivity contribution in [3.05, 3.63) is 65.9 Å². The van der Waals surface area contributed by atoms with Crippen molar-refractivity contribution in [2.45, 2.75) is 19.8 Å². The van der Waals surface area contributed by atoms with Gasteiger partial charge in [0.15, 0.2) is 0 Å². The summed E-state index contributed by atoms with van der Waals surface area (Å²) in [7, 11) is 4.18. The van der Waals surface area contributed by atoms with E-state index in [1.54, 1.807) is 6.07 Å². The highest BCUT2D eigenvalue weighted by Crippen LogP contribution is 2.33. The molecule has 0 saturated heterocycles. The van der Waals surface area contributed by atoms with Gasteiger partial charge in [0.05, 0.1) is 11.2 Å². The zero-order valence-corrected chi connectivity index (χ0v) is 16.9. The predicted octanol–water partition coefficient (Wildman–Crippen LogP) is 4.12. The van der Waals surface area contributed by atoms with E-state index in [4.69, 9.17) is 5.73 Å². The molecule has 0 unspecified atom stereocenters. The number of fused-ring (bicyclic) bond motifs is 1. The van der Waals surface area contributed by atoms with Crippen LogP contribution >= 0.6 is 0 Å². The van der Waals surface area contributed by atoms with Crippen molar-refractivity contribution in [2.75, 3.05) is 32.1 Å². The Kier molecular flexibility index (Phi) is 6.26. The molecule has 0 bridgehead atoms. The minimum Gasteiger partial charge on any atom is -0.366 e. The molecule has 146 valence electrons. The van der Waals surface area contributed by atoms with Crippen molar-refractivity contribution in [3.8, 4) is 0 Å². The molecule has 3 aromatic rings. The largest absolute Gasteiger partial charge is 0.366 e. The fraction of sp³-hybridized carbons (Fsp3) is 0.304. The van der Waals surface area contributed by atoms with E-state index in [-0.39, 0.29) is 0 Å². The summed E-state index contributed by atoms with van der Waals surface area (Å²) in [6, 6.07) is 17.8. The molecular formula is C23H28N4O. The average molecular weight is 377 g/mol. The Bertz CT molecular complexity index is 968. The standard InChI is InChI=1S/C23H28N4O/c1-17-15-22(20-11-4-5-12-21(20)25-17)27(14-7-6-13-26(2)3)19-10-8-9-18(16-19)23(24)28/h4-5,8-12,15-16H,6-7,13-14H2,1-3H3,(H2,24,28). The number of para-hydroxylation sites is 1. The number of amides is 1. The number of hydrogen-bond acceptors (Lipinski definition) is 4. The number of carbonyl (C=O) groups excluding carboxylic acids is 1. The third-order valence-corrected chi connectivity index (χ3v) is 4.79. The van der Waals surface area contributed by atoms with Crippen LogP contribution in [0.3, 0.4) is 0 Å². The Morgan fingerprint density at radius 2 is 1.75 bits per heavy atom. The van der Waals surface area contributed by atoms with Crippen molar-refractivity contribution >= 4 is 28.2 Å². The number of pyridine rings is 1. The van der Waals surface area contributed by atoms with Gasteiger partial charge in [0, 0.05) is 28.9 Å². The van der Waals surface area contributed by atoms with E-state index in [1.807, 2.05) is 43.3 Å². The van der Waals surface area contributed by atoms with Gasteiger partial charge in [0.1, 0.15) is 0 Å². The van der Waals surface area contributed by atoms with E-state index < -0.39 is 5.91 Å². The molecule has 28 heavy (non-hydrogen) atoms. The number of anilines is 2. The highest BCUT2D eigenvalue weighted by atomic mass is 16.1. The summed E-state index contributed by atoms with van der Waals surface area (Å²) < 4.78 is 0. The maximum absolute atomic E-state index is 11.7. The first kappa shape index (κ1) is 19.8. The number of nitrogens with zero attached hydrogens (tertiary/aromatic N) is 3. The summed E-state index contributed by atoms with van der Waals surface area (Å²) in [5.74, 6) is -0.412. The number of carbonyl (C=O) groups is 1. The van der Waals surface area contributed by atoms with Crippen LogP contribution in [-0.4, -0.2) is 43.0 Å². The van der Waals surface area contributed by atoms with Crippen molar-refractivity contribution in [1.29, 1.82) is 0 Å². The van der Waals surface area contributed by atoms with E-state index in [2.05, 4.69) is 41.0 Å². The lowest BCUT2D eigenvalue weighted by atomic mass is 10.1. The van der Waals surface area contributed by atoms with Crippen LogP contribution in [0.25, 0.3) is 10.9 Å². The summed E-state index contributed by atoms with van der Waals surface area (Å²) in [5.41, 5.74) is 10.1. The first-order valence-electron chi connectivity index (χ1n) is 9.64. The lowest BCUT2D eigenvalue weighted by Crippen LogP contribution is -2.22. The molecule has 0 saturated carbocycles. The Morgan fingerprint density at radius 3 is 2.50 bits per heavy atom. The molecule has 0 aliphatic carbocycles. The average Bonchev–Trinajstić information content (AvgIpc) is 2.67. The van der Waals surface area contributed by atoms with E-state index in [9.17, 15) is 4.79 Å². The Labute approximate surface area is 166 Å². The minimum atomic E-state index is -0.412. The minimum absolute atomic E-state index is 0.412. The maximum atomic E-state index is 11.7. The van der Waals surface area contributed by atoms with Crippen molar-refractivity contribution in [3.63, 3.8) is 0 Å². The Balaban J connectivity index is 2.04. The smallest absolute Gasteiger partial charge is 0.248 e. The van der Waals surface area contributed by atoms with Gasteiger partial charge in [0.2, 0.25) is 5.91 Å². The topological polar surface area (TPSA) is 62.5 Å². The van der Waals surface area contributed by atoms with Crippen LogP contribution in [0.1, 0.15) is 28.9 Å². The summed E-state index contributed by atoms with van der Waals surface area (Å²) in [6.45, 7) is 3.91. The first-order valence-corrected chi connectivity index (χ1v) is 9.64. The fourth-order valence-electron chi connectivity index (χ4n) is 3.42. The second-order valence-electron chi connectivity index (χ2n) is 7.38. The molecular weight excluding hydrogens is 348 g/mol. The van der Waals surface area contributed by atoms with E-state index >= 15 is 0 Å². The van der Waals surface area contributed by atoms with Crippen molar-refractivity contribution in [2.24, 2.45) is 5.73 Å². The number of unbranched alkanes of at least 4 members (excludes halogenated alkanes) is 1. The van der Waals surface area contributed by atoms with Gasteiger partial charge in [0.25, 0.3) is 0 Å². The Morgan fingerprint density at radius 1 is 1.00 bits per heavy atom. The molecule has 3 rings (SSSR count). The molecule has 1 aromatic heterocycles. The SMILES string of the molecule is Cc1cc(N(CCCCN(C)C)c2cccc(C(N)=O)c2)c2ccccc2n1. The molecule has 0 spiro atoms. The molecule has 2 aromatic carbocycles. The van der Waals surface area contributed by atoms with Crippen LogP contribution < -0.4 is 10.6 Å². The van der Waals surface area contributed by atoms with Gasteiger partial charge >= 0.3 is 0 Å². The number of rotatable bonds is 8. The van der Waals surface area contributed by atoms with Gasteiger partial charge in [-0.25, -0.2) is 0 Å². The number of benzene rings is 2. The molecule has 0 atom stereocenters. The fourth-order valence-corrected chi connectivity index (χ4v) is 3.42. The number of primary amides is 1. The van der Waals surface area contributed by atoms with E-state index in [0.717, 1.165) is 53.9 Å². The zero-order chi connectivity index (χ0) is 20.1. The number of nitrogens with two attached hydrogens (primary N) is 1. The molecule has 1 amide bonds. The lowest BCUT2D eigenvalue weighted by molar-refractivity contribution is 0.100. The van der Waals surface area contributed by atoms with Gasteiger partial charge in [-0.3, -0.25) is 9.78 Å². The molecule has 0 aliphatic rings.